The molecule has 28 heteroatoms. The number of aliphatic hydroxyl groups is 16. The third kappa shape index (κ3) is 12.1. The Bertz CT molecular complexity index is 2520. The van der Waals surface area contributed by atoms with Crippen LogP contribution in [0.25, 0.3) is 0 Å². The van der Waals surface area contributed by atoms with Crippen LogP contribution in [0.3, 0.4) is 0 Å². The van der Waals surface area contributed by atoms with Crippen LogP contribution < -0.4 is 0 Å². The molecule has 5 heterocycles. The molecular weight excluding hydrogens is 1280 g/mol. The van der Waals surface area contributed by atoms with Crippen molar-refractivity contribution in [2.45, 2.75) is 285 Å². The first-order valence-electron chi connectivity index (χ1n) is 33.2. The van der Waals surface area contributed by atoms with Crippen LogP contribution in [0.4, 0.5) is 0 Å². The Morgan fingerprint density at radius 1 is 0.196 bits per heavy atom. The summed E-state index contributed by atoms with van der Waals surface area (Å²) in [5.74, 6) is -2.01. The topological polar surface area (TPSA) is 434 Å². The zero-order valence-electron chi connectivity index (χ0n) is 64.5. The van der Waals surface area contributed by atoms with Crippen molar-refractivity contribution in [2.24, 2.45) is 27.1 Å². The lowest BCUT2D eigenvalue weighted by Crippen LogP contribution is -2.83. The SMILES string of the molecule is COCC1(C)C(C)(CO)OC(C)(O)C(C)(O)C1(C)O.COCC1(C)OC(C)(CO)C(C)(COCC2(C)OC(C)(CO)C(C)(COC)C(C)(O)C2(C)O)C(C)(O)C1(C)O.COCC1(C)OC(C)(CO)C(C)(COCC2(C)OC(C)(CO)C(C)(COC)C(C)(O)C2(C)O)C(C)(O)C1(C)O. The lowest BCUT2D eigenvalue weighted by atomic mass is 9.52. The summed E-state index contributed by atoms with van der Waals surface area (Å²) < 4.78 is 69.8. The number of methoxy groups -OCH3 is 5. The van der Waals surface area contributed by atoms with Crippen LogP contribution in [0.15, 0.2) is 0 Å². The molecule has 0 aromatic carbocycles. The van der Waals surface area contributed by atoms with Crippen LogP contribution >= 0.6 is 0 Å². The van der Waals surface area contributed by atoms with E-state index in [4.69, 9.17) is 56.8 Å². The van der Waals surface area contributed by atoms with Gasteiger partial charge in [-0.2, -0.15) is 0 Å². The van der Waals surface area contributed by atoms with E-state index in [0.29, 0.717) is 0 Å². The highest BCUT2D eigenvalue weighted by Crippen LogP contribution is 2.64. The normalized spacial score (nSPS) is 54.7. The van der Waals surface area contributed by atoms with E-state index >= 15 is 0 Å². The van der Waals surface area contributed by atoms with Crippen molar-refractivity contribution in [2.75, 3.05) is 128 Å². The highest BCUT2D eigenvalue weighted by molar-refractivity contribution is 5.28. The minimum Gasteiger partial charge on any atom is -0.393 e. The maximum atomic E-state index is 11.9. The first-order valence-corrected chi connectivity index (χ1v) is 33.2. The van der Waals surface area contributed by atoms with Gasteiger partial charge in [-0.25, -0.2) is 0 Å². The Kier molecular flexibility index (Phi) is 25.4. The molecule has 0 aromatic rings. The molecule has 0 amide bonds. The summed E-state index contributed by atoms with van der Waals surface area (Å²) in [6.07, 6.45) is 0. The second kappa shape index (κ2) is 27.3. The van der Waals surface area contributed by atoms with Gasteiger partial charge in [0.25, 0.3) is 0 Å². The van der Waals surface area contributed by atoms with Gasteiger partial charge in [-0.15, -0.1) is 0 Å². The van der Waals surface area contributed by atoms with Gasteiger partial charge in [0.15, 0.2) is 5.79 Å². The number of rotatable bonds is 23. The minimum atomic E-state index is -2.01. The van der Waals surface area contributed by atoms with E-state index in [1.165, 1.54) is 112 Å². The summed E-state index contributed by atoms with van der Waals surface area (Å²) in [7, 11) is 7.30. The molecule has 5 aliphatic rings. The van der Waals surface area contributed by atoms with Gasteiger partial charge in [0.2, 0.25) is 0 Å². The molecule has 25 atom stereocenters. The Balaban J connectivity index is 0.000000402. The summed E-state index contributed by atoms with van der Waals surface area (Å²) in [5.41, 5.74) is -37.6. The molecule has 5 saturated heterocycles. The minimum absolute atomic E-state index is 0.00734. The molecule has 5 rings (SSSR count). The number of aliphatic hydroxyl groups excluding tert-OH is 5. The first-order chi connectivity index (χ1) is 43.1. The fraction of sp³-hybridized carbons (Fsp3) is 1.00. The molecule has 16 N–H and O–H groups in total. The Hall–Kier alpha value is -1.12. The van der Waals surface area contributed by atoms with Crippen LogP contribution in [-0.4, -0.2) is 322 Å². The Labute approximate surface area is 577 Å². The van der Waals surface area contributed by atoms with E-state index in [1.54, 1.807) is 96.9 Å². The maximum absolute atomic E-state index is 11.9. The lowest BCUT2D eigenvalue weighted by Gasteiger charge is -2.68. The predicted molar refractivity (Wildman–Crippen MR) is 355 cm³/mol. The second-order valence-electron chi connectivity index (χ2n) is 33.9. The third-order valence-electron chi connectivity index (χ3n) is 28.4. The summed E-state index contributed by atoms with van der Waals surface area (Å²) in [5, 5.41) is 178. The monoisotopic (exact) mass is 1410 g/mol. The Morgan fingerprint density at radius 2 is 0.361 bits per heavy atom. The lowest BCUT2D eigenvalue weighted by molar-refractivity contribution is -0.443. The smallest absolute Gasteiger partial charge is 0.195 e. The molecule has 25 unspecified atom stereocenters. The second-order valence-corrected chi connectivity index (χ2v) is 33.9. The zero-order chi connectivity index (χ0) is 76.9. The van der Waals surface area contributed by atoms with E-state index in [0.717, 1.165) is 0 Å². The Morgan fingerprint density at radius 3 is 0.546 bits per heavy atom. The molecule has 0 aromatic heterocycles. The van der Waals surface area contributed by atoms with Crippen LogP contribution in [0, 0.1) is 27.1 Å². The summed E-state index contributed by atoms with van der Waals surface area (Å²) in [4.78, 5) is 0. The van der Waals surface area contributed by atoms with Crippen molar-refractivity contribution in [3.8, 4) is 0 Å². The maximum Gasteiger partial charge on any atom is 0.195 e. The van der Waals surface area contributed by atoms with Gasteiger partial charge in [0.1, 0.15) is 84.0 Å². The molecular formula is C69H134O28. The third-order valence-corrected chi connectivity index (χ3v) is 28.4. The molecule has 97 heavy (non-hydrogen) atoms. The molecule has 5 fully saturated rings. The molecule has 0 saturated carbocycles. The highest BCUT2D eigenvalue weighted by Gasteiger charge is 2.80. The van der Waals surface area contributed by atoms with Crippen molar-refractivity contribution in [3.63, 3.8) is 0 Å². The quantitative estimate of drug-likeness (QED) is 0.0659. The highest BCUT2D eigenvalue weighted by atomic mass is 16.7. The molecule has 0 spiro atoms. The van der Waals surface area contributed by atoms with Crippen molar-refractivity contribution >= 4 is 0 Å². The first kappa shape index (κ1) is 90.1. The molecule has 5 aliphatic heterocycles. The summed E-state index contributed by atoms with van der Waals surface area (Å²) in [6, 6.07) is 0. The average molecular weight is 1410 g/mol. The molecule has 28 nitrogen and oxygen atoms in total. The summed E-state index contributed by atoms with van der Waals surface area (Å²) in [6.45, 7) is 35.0. The fourth-order valence-corrected chi connectivity index (χ4v) is 16.8. The standard InChI is InChI=1S/2C28H54O11.C13H26O6/c2*1-19(15-35-11)21(3,13-29)39-24(6,28(10,34)25(19,7)31)18-37-16-20(2)22(4,14-30)38-23(5,17-36-12)27(9,33)26(20,8)32;1-9(8-18-6)10(2,7-14)19-13(5,17)12(4,16)11(9,3)15/h2*29-34H,13-18H2,1-12H3;14-17H,7-8H2,1-6H3. The van der Waals surface area contributed by atoms with Crippen molar-refractivity contribution < 1.29 is 139 Å². The van der Waals surface area contributed by atoms with Crippen LogP contribution in [0.5, 0.6) is 0 Å². The predicted octanol–water partition coefficient (Wildman–Crippen LogP) is 0.415. The summed E-state index contributed by atoms with van der Waals surface area (Å²) >= 11 is 0. The van der Waals surface area contributed by atoms with Crippen LogP contribution in [0.2, 0.25) is 0 Å². The molecule has 578 valence electrons. The van der Waals surface area contributed by atoms with E-state index in [9.17, 15) is 81.7 Å². The van der Waals surface area contributed by atoms with Gasteiger partial charge in [0.05, 0.1) is 142 Å². The van der Waals surface area contributed by atoms with Crippen LogP contribution in [0.1, 0.15) is 173 Å². The average Bonchev–Trinajstić information content (AvgIpc) is 0.718. The van der Waals surface area contributed by atoms with Gasteiger partial charge >= 0.3 is 0 Å². The molecule has 0 aliphatic carbocycles. The largest absolute Gasteiger partial charge is 0.393 e. The van der Waals surface area contributed by atoms with Crippen molar-refractivity contribution in [1.82, 2.24) is 0 Å². The van der Waals surface area contributed by atoms with Gasteiger partial charge in [-0.05, 0) is 138 Å². The van der Waals surface area contributed by atoms with Gasteiger partial charge in [-0.1, -0.05) is 34.6 Å². The van der Waals surface area contributed by atoms with E-state index in [2.05, 4.69) is 0 Å². The van der Waals surface area contributed by atoms with Gasteiger partial charge in [0, 0.05) is 35.5 Å². The van der Waals surface area contributed by atoms with Gasteiger partial charge < -0.3 is 139 Å². The molecule has 0 radical (unpaired) electrons. The van der Waals surface area contributed by atoms with E-state index < -0.39 is 172 Å². The fourth-order valence-electron chi connectivity index (χ4n) is 16.8. The number of ether oxygens (including phenoxy) is 12. The van der Waals surface area contributed by atoms with Crippen molar-refractivity contribution in [1.29, 1.82) is 0 Å². The molecule has 0 bridgehead atoms. The van der Waals surface area contributed by atoms with E-state index in [1.807, 2.05) is 0 Å². The van der Waals surface area contributed by atoms with E-state index in [-0.39, 0.29) is 59.5 Å². The van der Waals surface area contributed by atoms with Crippen molar-refractivity contribution in [3.05, 3.63) is 0 Å². The zero-order valence-corrected chi connectivity index (χ0v) is 64.5. The number of hydrogen-bond donors (Lipinski definition) is 16. The number of hydrogen-bond acceptors (Lipinski definition) is 28. The van der Waals surface area contributed by atoms with Crippen LogP contribution in [-0.2, 0) is 56.8 Å². The van der Waals surface area contributed by atoms with Gasteiger partial charge in [-0.3, -0.25) is 0 Å².